The Bertz CT molecular complexity index is 610. The molecule has 1 aromatic heterocycles. The summed E-state index contributed by atoms with van der Waals surface area (Å²) in [6.45, 7) is 3.86. The van der Waals surface area contributed by atoms with Crippen molar-refractivity contribution in [1.29, 1.82) is 0 Å². The summed E-state index contributed by atoms with van der Waals surface area (Å²) < 4.78 is 2.75. The number of benzene rings is 1. The van der Waals surface area contributed by atoms with Gasteiger partial charge in [0.05, 0.1) is 22.0 Å². The highest BCUT2D eigenvalue weighted by Gasteiger charge is 2.18. The number of hydrogen-bond acceptors (Lipinski definition) is 2. The number of nitrogens with zero attached hydrogens (tertiary/aromatic N) is 2. The summed E-state index contributed by atoms with van der Waals surface area (Å²) in [6, 6.07) is 5.59. The first-order valence-electron chi connectivity index (χ1n) is 6.03. The van der Waals surface area contributed by atoms with Crippen LogP contribution < -0.4 is 0 Å². The lowest BCUT2D eigenvalue weighted by Gasteiger charge is -2.15. The largest absolute Gasteiger partial charge is 0.388 e. The zero-order valence-electron chi connectivity index (χ0n) is 11.1. The van der Waals surface area contributed by atoms with Gasteiger partial charge < -0.3 is 5.11 Å². The third kappa shape index (κ3) is 2.86. The second kappa shape index (κ2) is 5.65. The van der Waals surface area contributed by atoms with Gasteiger partial charge in [0, 0.05) is 18.5 Å². The van der Waals surface area contributed by atoms with Crippen molar-refractivity contribution < 1.29 is 5.11 Å². The van der Waals surface area contributed by atoms with Gasteiger partial charge >= 0.3 is 0 Å². The van der Waals surface area contributed by atoms with E-state index in [1.165, 1.54) is 0 Å². The zero-order chi connectivity index (χ0) is 14.2. The number of aromatic nitrogens is 2. The molecule has 19 heavy (non-hydrogen) atoms. The maximum atomic E-state index is 10.4. The minimum Gasteiger partial charge on any atom is -0.388 e. The summed E-state index contributed by atoms with van der Waals surface area (Å²) in [5, 5.41) is 15.4. The number of aryl methyl sites for hydroxylation is 2. The molecule has 1 heterocycles. The van der Waals surface area contributed by atoms with E-state index in [4.69, 9.17) is 11.6 Å². The SMILES string of the molecule is Cc1nn(C)c(CC(O)c2cccc(Cl)c2C)c1Br. The Morgan fingerprint density at radius 3 is 2.68 bits per heavy atom. The van der Waals surface area contributed by atoms with Crippen LogP contribution in [-0.4, -0.2) is 14.9 Å². The third-order valence-electron chi connectivity index (χ3n) is 3.32. The van der Waals surface area contributed by atoms with Gasteiger partial charge in [0.15, 0.2) is 0 Å². The van der Waals surface area contributed by atoms with E-state index < -0.39 is 6.10 Å². The monoisotopic (exact) mass is 342 g/mol. The van der Waals surface area contributed by atoms with E-state index >= 15 is 0 Å². The lowest BCUT2D eigenvalue weighted by atomic mass is 10.00. The molecule has 2 aromatic rings. The Kier molecular flexibility index (Phi) is 4.33. The molecule has 0 saturated carbocycles. The van der Waals surface area contributed by atoms with Crippen LogP contribution in [0.2, 0.25) is 5.02 Å². The van der Waals surface area contributed by atoms with Crippen LogP contribution in [0.15, 0.2) is 22.7 Å². The zero-order valence-corrected chi connectivity index (χ0v) is 13.5. The molecular formula is C14H16BrClN2O. The van der Waals surface area contributed by atoms with Crippen molar-refractivity contribution in [1.82, 2.24) is 9.78 Å². The highest BCUT2D eigenvalue weighted by molar-refractivity contribution is 9.10. The van der Waals surface area contributed by atoms with E-state index in [1.54, 1.807) is 4.68 Å². The maximum absolute atomic E-state index is 10.4. The molecule has 1 N–H and O–H groups in total. The van der Waals surface area contributed by atoms with E-state index in [1.807, 2.05) is 39.1 Å². The number of rotatable bonds is 3. The second-order valence-electron chi connectivity index (χ2n) is 4.64. The summed E-state index contributed by atoms with van der Waals surface area (Å²) in [6.07, 6.45) is -0.0937. The number of aliphatic hydroxyl groups is 1. The van der Waals surface area contributed by atoms with Gasteiger partial charge in [-0.05, 0) is 47.0 Å². The molecule has 0 bridgehead atoms. The van der Waals surface area contributed by atoms with Crippen LogP contribution in [0.1, 0.15) is 28.6 Å². The standard InChI is InChI=1S/C14H16BrClN2O/c1-8-10(5-4-6-11(8)16)13(19)7-12-14(15)9(2)17-18(12)3/h4-6,13,19H,7H2,1-3H3. The molecular weight excluding hydrogens is 328 g/mol. The third-order valence-corrected chi connectivity index (χ3v) is 4.76. The fraction of sp³-hybridized carbons (Fsp3) is 0.357. The minimum atomic E-state index is -0.593. The van der Waals surface area contributed by atoms with Crippen molar-refractivity contribution in [2.24, 2.45) is 7.05 Å². The molecule has 3 nitrogen and oxygen atoms in total. The number of aliphatic hydroxyl groups excluding tert-OH is 1. The molecule has 0 radical (unpaired) electrons. The van der Waals surface area contributed by atoms with Gasteiger partial charge in [-0.15, -0.1) is 0 Å². The first-order chi connectivity index (χ1) is 8.91. The normalized spacial score (nSPS) is 12.7. The Labute approximate surface area is 126 Å². The molecule has 0 amide bonds. The van der Waals surface area contributed by atoms with Gasteiger partial charge in [-0.2, -0.15) is 5.10 Å². The summed E-state index contributed by atoms with van der Waals surface area (Å²) in [7, 11) is 1.88. The molecule has 0 aliphatic heterocycles. The molecule has 0 aliphatic carbocycles. The van der Waals surface area contributed by atoms with Crippen molar-refractivity contribution in [3.05, 3.63) is 50.2 Å². The lowest BCUT2D eigenvalue weighted by Crippen LogP contribution is -2.08. The molecule has 102 valence electrons. The predicted octanol–water partition coefficient (Wildman–Crippen LogP) is 3.73. The average Bonchev–Trinajstić information content (AvgIpc) is 2.59. The molecule has 0 aliphatic rings. The van der Waals surface area contributed by atoms with Gasteiger partial charge in [-0.1, -0.05) is 23.7 Å². The summed E-state index contributed by atoms with van der Waals surface area (Å²) >= 11 is 9.60. The molecule has 0 saturated heterocycles. The van der Waals surface area contributed by atoms with E-state index in [-0.39, 0.29) is 0 Å². The number of halogens is 2. The molecule has 1 unspecified atom stereocenters. The number of hydrogen-bond donors (Lipinski definition) is 1. The van der Waals surface area contributed by atoms with Gasteiger partial charge in [-0.25, -0.2) is 0 Å². The van der Waals surface area contributed by atoms with Crippen molar-refractivity contribution in [2.45, 2.75) is 26.4 Å². The summed E-state index contributed by atoms with van der Waals surface area (Å²) in [5.41, 5.74) is 3.68. The van der Waals surface area contributed by atoms with E-state index in [9.17, 15) is 5.11 Å². The smallest absolute Gasteiger partial charge is 0.0848 e. The Morgan fingerprint density at radius 1 is 1.42 bits per heavy atom. The molecule has 1 atom stereocenters. The van der Waals surface area contributed by atoms with Crippen LogP contribution in [0.3, 0.4) is 0 Å². The molecule has 2 rings (SSSR count). The first-order valence-corrected chi connectivity index (χ1v) is 7.20. The van der Waals surface area contributed by atoms with Crippen molar-refractivity contribution >= 4 is 27.5 Å². The molecule has 0 fully saturated rings. The van der Waals surface area contributed by atoms with Crippen LogP contribution in [-0.2, 0) is 13.5 Å². The highest BCUT2D eigenvalue weighted by atomic mass is 79.9. The second-order valence-corrected chi connectivity index (χ2v) is 5.84. The summed E-state index contributed by atoms with van der Waals surface area (Å²) in [4.78, 5) is 0. The molecule has 5 heteroatoms. The molecule has 0 spiro atoms. The minimum absolute atomic E-state index is 0.499. The molecule has 1 aromatic carbocycles. The van der Waals surface area contributed by atoms with Crippen LogP contribution in [0.5, 0.6) is 0 Å². The highest BCUT2D eigenvalue weighted by Crippen LogP contribution is 2.29. The Hall–Kier alpha value is -0.840. The van der Waals surface area contributed by atoms with Gasteiger partial charge in [0.1, 0.15) is 0 Å². The average molecular weight is 344 g/mol. The summed E-state index contributed by atoms with van der Waals surface area (Å²) in [5.74, 6) is 0. The van der Waals surface area contributed by atoms with Crippen molar-refractivity contribution in [3.8, 4) is 0 Å². The fourth-order valence-corrected chi connectivity index (χ4v) is 2.86. The van der Waals surface area contributed by atoms with Crippen LogP contribution >= 0.6 is 27.5 Å². The topological polar surface area (TPSA) is 38.0 Å². The van der Waals surface area contributed by atoms with Gasteiger partial charge in [-0.3, -0.25) is 4.68 Å². The van der Waals surface area contributed by atoms with Crippen LogP contribution in [0.25, 0.3) is 0 Å². The predicted molar refractivity (Wildman–Crippen MR) is 80.5 cm³/mol. The van der Waals surface area contributed by atoms with Gasteiger partial charge in [0.25, 0.3) is 0 Å². The van der Waals surface area contributed by atoms with E-state index in [0.717, 1.165) is 27.0 Å². The van der Waals surface area contributed by atoms with Gasteiger partial charge in [0.2, 0.25) is 0 Å². The van der Waals surface area contributed by atoms with Crippen molar-refractivity contribution in [2.75, 3.05) is 0 Å². The van der Waals surface area contributed by atoms with E-state index in [2.05, 4.69) is 21.0 Å². The van der Waals surface area contributed by atoms with E-state index in [0.29, 0.717) is 11.4 Å². The quantitative estimate of drug-likeness (QED) is 0.922. The Morgan fingerprint density at radius 2 is 2.11 bits per heavy atom. The van der Waals surface area contributed by atoms with Crippen molar-refractivity contribution in [3.63, 3.8) is 0 Å². The Balaban J connectivity index is 2.31. The maximum Gasteiger partial charge on any atom is 0.0848 e. The lowest BCUT2D eigenvalue weighted by molar-refractivity contribution is 0.175. The first kappa shape index (κ1) is 14.6. The van der Waals surface area contributed by atoms with Crippen LogP contribution in [0, 0.1) is 13.8 Å². The fourth-order valence-electron chi connectivity index (χ4n) is 2.18. The van der Waals surface area contributed by atoms with Crippen LogP contribution in [0.4, 0.5) is 0 Å².